The van der Waals surface area contributed by atoms with Crippen LogP contribution in [0.4, 0.5) is 10.5 Å². The van der Waals surface area contributed by atoms with Gasteiger partial charge in [-0.1, -0.05) is 35.9 Å². The molecule has 0 heterocycles. The third-order valence-corrected chi connectivity index (χ3v) is 4.03. The largest absolute Gasteiger partial charge is 0.338 e. The van der Waals surface area contributed by atoms with E-state index in [9.17, 15) is 4.79 Å². The van der Waals surface area contributed by atoms with Crippen LogP contribution in [0, 0.1) is 6.92 Å². The van der Waals surface area contributed by atoms with E-state index in [4.69, 9.17) is 0 Å². The highest BCUT2D eigenvalue weighted by atomic mass is 32.2. The van der Waals surface area contributed by atoms with Crippen molar-refractivity contribution in [3.05, 3.63) is 60.2 Å². The van der Waals surface area contributed by atoms with E-state index in [0.29, 0.717) is 6.54 Å². The summed E-state index contributed by atoms with van der Waals surface area (Å²) in [4.78, 5) is 13.0. The van der Waals surface area contributed by atoms with Gasteiger partial charge in [-0.05, 0) is 43.4 Å². The molecule has 0 bridgehead atoms. The lowest BCUT2D eigenvalue weighted by atomic mass is 10.2. The minimum atomic E-state index is -0.149. The number of amides is 2. The van der Waals surface area contributed by atoms with Gasteiger partial charge in [-0.25, -0.2) is 4.79 Å². The summed E-state index contributed by atoms with van der Waals surface area (Å²) in [6, 6.07) is 17.9. The van der Waals surface area contributed by atoms with Crippen molar-refractivity contribution in [2.75, 3.05) is 17.6 Å². The van der Waals surface area contributed by atoms with Crippen molar-refractivity contribution in [3.63, 3.8) is 0 Å². The van der Waals surface area contributed by atoms with Gasteiger partial charge < -0.3 is 10.6 Å². The van der Waals surface area contributed by atoms with Crippen molar-refractivity contribution in [2.24, 2.45) is 0 Å². The number of aryl methyl sites for hydroxylation is 1. The summed E-state index contributed by atoms with van der Waals surface area (Å²) in [7, 11) is 0. The molecule has 0 aliphatic carbocycles. The predicted molar refractivity (Wildman–Crippen MR) is 90.0 cm³/mol. The summed E-state index contributed by atoms with van der Waals surface area (Å²) >= 11 is 1.81. The van der Waals surface area contributed by atoms with Gasteiger partial charge in [0.2, 0.25) is 0 Å². The molecule has 2 amide bonds. The Hall–Kier alpha value is -1.94. The Morgan fingerprint density at radius 1 is 1.05 bits per heavy atom. The third kappa shape index (κ3) is 5.92. The summed E-state index contributed by atoms with van der Waals surface area (Å²) in [5.41, 5.74) is 2.00. The molecular formula is C17H20N2OS. The molecule has 0 atom stereocenters. The molecule has 0 aliphatic heterocycles. The van der Waals surface area contributed by atoms with Crippen molar-refractivity contribution < 1.29 is 4.79 Å². The highest BCUT2D eigenvalue weighted by Gasteiger charge is 2.00. The average molecular weight is 300 g/mol. The second-order valence-corrected chi connectivity index (χ2v) is 5.93. The molecule has 0 unspecified atom stereocenters. The summed E-state index contributed by atoms with van der Waals surface area (Å²) < 4.78 is 0. The number of hydrogen-bond acceptors (Lipinski definition) is 2. The van der Waals surface area contributed by atoms with Crippen LogP contribution in [0.25, 0.3) is 0 Å². The van der Waals surface area contributed by atoms with E-state index in [2.05, 4.69) is 22.8 Å². The first kappa shape index (κ1) is 15.4. The summed E-state index contributed by atoms with van der Waals surface area (Å²) in [5, 5.41) is 5.69. The van der Waals surface area contributed by atoms with Crippen LogP contribution in [0.1, 0.15) is 12.0 Å². The van der Waals surface area contributed by atoms with Crippen LogP contribution >= 0.6 is 11.8 Å². The molecule has 2 rings (SSSR count). The SMILES string of the molecule is Cc1ccc(NC(=O)NCCCSc2ccccc2)cc1. The van der Waals surface area contributed by atoms with Crippen LogP contribution < -0.4 is 10.6 Å². The number of nitrogens with one attached hydrogen (secondary N) is 2. The monoisotopic (exact) mass is 300 g/mol. The zero-order valence-electron chi connectivity index (χ0n) is 12.1. The maximum Gasteiger partial charge on any atom is 0.319 e. The summed E-state index contributed by atoms with van der Waals surface area (Å²) in [6.45, 7) is 2.70. The Morgan fingerprint density at radius 2 is 1.76 bits per heavy atom. The molecule has 2 aromatic carbocycles. The molecule has 2 aromatic rings. The normalized spacial score (nSPS) is 10.1. The first-order valence-corrected chi connectivity index (χ1v) is 8.02. The van der Waals surface area contributed by atoms with Gasteiger partial charge in [0.05, 0.1) is 0 Å². The number of thioether (sulfide) groups is 1. The number of hydrogen-bond donors (Lipinski definition) is 2. The van der Waals surface area contributed by atoms with Crippen LogP contribution in [-0.4, -0.2) is 18.3 Å². The summed E-state index contributed by atoms with van der Waals surface area (Å²) in [6.07, 6.45) is 0.945. The number of carbonyl (C=O) groups excluding carboxylic acids is 1. The fourth-order valence-electron chi connectivity index (χ4n) is 1.79. The molecule has 0 saturated heterocycles. The van der Waals surface area contributed by atoms with Gasteiger partial charge in [-0.15, -0.1) is 11.8 Å². The Labute approximate surface area is 130 Å². The maximum atomic E-state index is 11.7. The second-order valence-electron chi connectivity index (χ2n) is 4.76. The highest BCUT2D eigenvalue weighted by molar-refractivity contribution is 7.99. The van der Waals surface area contributed by atoms with Crippen LogP contribution in [0.5, 0.6) is 0 Å². The third-order valence-electron chi connectivity index (χ3n) is 2.93. The van der Waals surface area contributed by atoms with Crippen LogP contribution in [-0.2, 0) is 0 Å². The van der Waals surface area contributed by atoms with E-state index < -0.39 is 0 Å². The van der Waals surface area contributed by atoms with Gasteiger partial charge in [0.25, 0.3) is 0 Å². The number of benzene rings is 2. The van der Waals surface area contributed by atoms with Crippen molar-refractivity contribution in [3.8, 4) is 0 Å². The van der Waals surface area contributed by atoms with Crippen molar-refractivity contribution in [1.29, 1.82) is 0 Å². The van der Waals surface area contributed by atoms with E-state index in [1.165, 1.54) is 10.5 Å². The standard InChI is InChI=1S/C17H20N2OS/c1-14-8-10-15(11-9-14)19-17(20)18-12-5-13-21-16-6-3-2-4-7-16/h2-4,6-11H,5,12-13H2,1H3,(H2,18,19,20). The van der Waals surface area contributed by atoms with Gasteiger partial charge in [-0.2, -0.15) is 0 Å². The zero-order chi connectivity index (χ0) is 14.9. The molecular weight excluding hydrogens is 280 g/mol. The number of anilines is 1. The lowest BCUT2D eigenvalue weighted by molar-refractivity contribution is 0.252. The average Bonchev–Trinajstić information content (AvgIpc) is 2.50. The van der Waals surface area contributed by atoms with E-state index in [1.54, 1.807) is 11.8 Å². The Balaban J connectivity index is 1.60. The molecule has 3 nitrogen and oxygen atoms in total. The Bertz CT molecular complexity index is 555. The molecule has 0 spiro atoms. The van der Waals surface area contributed by atoms with Gasteiger partial charge in [0.1, 0.15) is 0 Å². The molecule has 0 aromatic heterocycles. The van der Waals surface area contributed by atoms with Gasteiger partial charge >= 0.3 is 6.03 Å². The zero-order valence-corrected chi connectivity index (χ0v) is 13.0. The molecule has 21 heavy (non-hydrogen) atoms. The van der Waals surface area contributed by atoms with E-state index in [-0.39, 0.29) is 6.03 Å². The van der Waals surface area contributed by atoms with Crippen molar-refractivity contribution >= 4 is 23.5 Å². The van der Waals surface area contributed by atoms with Gasteiger partial charge in [0, 0.05) is 17.1 Å². The van der Waals surface area contributed by atoms with Crippen LogP contribution in [0.15, 0.2) is 59.5 Å². The van der Waals surface area contributed by atoms with Crippen LogP contribution in [0.3, 0.4) is 0 Å². The van der Waals surface area contributed by atoms with Crippen molar-refractivity contribution in [1.82, 2.24) is 5.32 Å². The topological polar surface area (TPSA) is 41.1 Å². The Kier molecular flexibility index (Phi) is 6.16. The smallest absolute Gasteiger partial charge is 0.319 e. The minimum Gasteiger partial charge on any atom is -0.338 e. The fraction of sp³-hybridized carbons (Fsp3) is 0.235. The van der Waals surface area contributed by atoms with Crippen molar-refractivity contribution in [2.45, 2.75) is 18.2 Å². The van der Waals surface area contributed by atoms with Gasteiger partial charge in [-0.3, -0.25) is 0 Å². The van der Waals surface area contributed by atoms with E-state index in [0.717, 1.165) is 17.9 Å². The molecule has 0 radical (unpaired) electrons. The van der Waals surface area contributed by atoms with E-state index in [1.807, 2.05) is 49.4 Å². The fourth-order valence-corrected chi connectivity index (χ4v) is 2.67. The number of rotatable bonds is 6. The molecule has 0 saturated carbocycles. The van der Waals surface area contributed by atoms with Gasteiger partial charge in [0.15, 0.2) is 0 Å². The summed E-state index contributed by atoms with van der Waals surface area (Å²) in [5.74, 6) is 0.995. The quantitative estimate of drug-likeness (QED) is 0.617. The highest BCUT2D eigenvalue weighted by Crippen LogP contribution is 2.17. The Morgan fingerprint density at radius 3 is 2.48 bits per heavy atom. The number of urea groups is 1. The molecule has 0 aliphatic rings. The molecule has 0 fully saturated rings. The maximum absolute atomic E-state index is 11.7. The minimum absolute atomic E-state index is 0.149. The van der Waals surface area contributed by atoms with E-state index >= 15 is 0 Å². The van der Waals surface area contributed by atoms with Crippen LogP contribution in [0.2, 0.25) is 0 Å². The first-order chi connectivity index (χ1) is 10.2. The number of carbonyl (C=O) groups is 1. The molecule has 110 valence electrons. The molecule has 4 heteroatoms. The first-order valence-electron chi connectivity index (χ1n) is 7.03. The lowest BCUT2D eigenvalue weighted by Crippen LogP contribution is -2.29. The lowest BCUT2D eigenvalue weighted by Gasteiger charge is -2.07. The second kappa shape index (κ2) is 8.37. The predicted octanol–water partition coefficient (Wildman–Crippen LogP) is 4.30. The molecule has 2 N–H and O–H groups in total.